The molecule has 1 rings (SSSR count). The standard InChI is InChI=1S/C7H10O3/c8-4-6-10-7-3-1-2-5-9-7/h1-3,5,7-8H,4,6H2. The van der Waals surface area contributed by atoms with Gasteiger partial charge >= 0.3 is 0 Å². The second-order valence-corrected chi connectivity index (χ2v) is 1.81. The van der Waals surface area contributed by atoms with E-state index in [0.29, 0.717) is 6.61 Å². The first kappa shape index (κ1) is 7.31. The average Bonchev–Trinajstić information content (AvgIpc) is 2.03. The number of hydrogen-bond acceptors (Lipinski definition) is 3. The highest BCUT2D eigenvalue weighted by molar-refractivity contribution is 5.05. The van der Waals surface area contributed by atoms with Crippen LogP contribution in [0.4, 0.5) is 0 Å². The van der Waals surface area contributed by atoms with Gasteiger partial charge in [0.1, 0.15) is 0 Å². The van der Waals surface area contributed by atoms with Crippen molar-refractivity contribution >= 4 is 0 Å². The molecule has 0 aliphatic carbocycles. The lowest BCUT2D eigenvalue weighted by Gasteiger charge is -2.14. The van der Waals surface area contributed by atoms with Gasteiger partial charge in [-0.05, 0) is 12.2 Å². The van der Waals surface area contributed by atoms with Gasteiger partial charge in [-0.2, -0.15) is 0 Å². The van der Waals surface area contributed by atoms with Gasteiger partial charge in [0, 0.05) is 0 Å². The summed E-state index contributed by atoms with van der Waals surface area (Å²) in [6.07, 6.45) is 6.62. The van der Waals surface area contributed by atoms with Crippen molar-refractivity contribution in [3.05, 3.63) is 24.5 Å². The Balaban J connectivity index is 2.17. The van der Waals surface area contributed by atoms with Gasteiger partial charge in [0.15, 0.2) is 0 Å². The van der Waals surface area contributed by atoms with Gasteiger partial charge in [-0.1, -0.05) is 6.08 Å². The lowest BCUT2D eigenvalue weighted by molar-refractivity contribution is -0.0826. The minimum Gasteiger partial charge on any atom is -0.469 e. The van der Waals surface area contributed by atoms with Crippen LogP contribution in [0.1, 0.15) is 0 Å². The molecular formula is C7H10O3. The van der Waals surface area contributed by atoms with E-state index in [9.17, 15) is 0 Å². The lowest BCUT2D eigenvalue weighted by atomic mass is 10.4. The molecule has 10 heavy (non-hydrogen) atoms. The van der Waals surface area contributed by atoms with Crippen molar-refractivity contribution in [2.24, 2.45) is 0 Å². The molecular weight excluding hydrogens is 132 g/mol. The Morgan fingerprint density at radius 2 is 2.40 bits per heavy atom. The molecule has 1 aliphatic rings. The Labute approximate surface area is 59.6 Å². The first-order chi connectivity index (χ1) is 4.93. The Morgan fingerprint density at radius 3 is 3.00 bits per heavy atom. The maximum Gasteiger partial charge on any atom is 0.219 e. The number of aliphatic hydroxyl groups excluding tert-OH is 1. The lowest BCUT2D eigenvalue weighted by Crippen LogP contribution is -2.15. The highest BCUT2D eigenvalue weighted by atomic mass is 16.7. The molecule has 3 nitrogen and oxygen atoms in total. The second kappa shape index (κ2) is 4.09. The fraction of sp³-hybridized carbons (Fsp3) is 0.429. The molecule has 0 aromatic heterocycles. The molecule has 0 amide bonds. The Bertz CT molecular complexity index is 140. The van der Waals surface area contributed by atoms with Crippen LogP contribution in [-0.4, -0.2) is 24.6 Å². The summed E-state index contributed by atoms with van der Waals surface area (Å²) in [5, 5.41) is 8.37. The van der Waals surface area contributed by atoms with Crippen LogP contribution >= 0.6 is 0 Å². The molecule has 0 saturated heterocycles. The predicted octanol–water partition coefficient (Wildman–Crippen LogP) is 0.421. The van der Waals surface area contributed by atoms with E-state index in [0.717, 1.165) is 0 Å². The van der Waals surface area contributed by atoms with Crippen molar-refractivity contribution in [3.63, 3.8) is 0 Å². The predicted molar refractivity (Wildman–Crippen MR) is 36.2 cm³/mol. The summed E-state index contributed by atoms with van der Waals surface area (Å²) in [7, 11) is 0. The van der Waals surface area contributed by atoms with Crippen LogP contribution in [0.3, 0.4) is 0 Å². The summed E-state index contributed by atoms with van der Waals surface area (Å²) < 4.78 is 10.0. The fourth-order valence-corrected chi connectivity index (χ4v) is 0.632. The smallest absolute Gasteiger partial charge is 0.219 e. The molecule has 0 radical (unpaired) electrons. The molecule has 1 N–H and O–H groups in total. The number of ether oxygens (including phenoxy) is 2. The van der Waals surface area contributed by atoms with Crippen molar-refractivity contribution in [1.29, 1.82) is 0 Å². The minimum atomic E-state index is -0.322. The molecule has 1 unspecified atom stereocenters. The minimum absolute atomic E-state index is 0.0252. The summed E-state index contributed by atoms with van der Waals surface area (Å²) in [6, 6.07) is 0. The average molecular weight is 142 g/mol. The molecule has 0 aromatic carbocycles. The number of allylic oxidation sites excluding steroid dienone is 2. The van der Waals surface area contributed by atoms with Crippen molar-refractivity contribution in [3.8, 4) is 0 Å². The van der Waals surface area contributed by atoms with E-state index in [-0.39, 0.29) is 12.9 Å². The Kier molecular flexibility index (Phi) is 2.99. The number of rotatable bonds is 3. The van der Waals surface area contributed by atoms with Gasteiger partial charge in [0.05, 0.1) is 19.5 Å². The second-order valence-electron chi connectivity index (χ2n) is 1.81. The van der Waals surface area contributed by atoms with Crippen molar-refractivity contribution in [1.82, 2.24) is 0 Å². The summed E-state index contributed by atoms with van der Waals surface area (Å²) in [6.45, 7) is 0.334. The van der Waals surface area contributed by atoms with Crippen molar-refractivity contribution < 1.29 is 14.6 Å². The van der Waals surface area contributed by atoms with Crippen LogP contribution in [-0.2, 0) is 9.47 Å². The molecule has 0 fully saturated rings. The van der Waals surface area contributed by atoms with Crippen LogP contribution in [0.2, 0.25) is 0 Å². The zero-order valence-electron chi connectivity index (χ0n) is 5.56. The van der Waals surface area contributed by atoms with Gasteiger partial charge in [-0.25, -0.2) is 0 Å². The normalized spacial score (nSPS) is 22.7. The Hall–Kier alpha value is -0.800. The third-order valence-electron chi connectivity index (χ3n) is 1.04. The molecule has 0 spiro atoms. The van der Waals surface area contributed by atoms with Gasteiger partial charge in [-0.15, -0.1) is 0 Å². The summed E-state index contributed by atoms with van der Waals surface area (Å²) in [5.74, 6) is 0. The summed E-state index contributed by atoms with van der Waals surface area (Å²) in [4.78, 5) is 0. The first-order valence-electron chi connectivity index (χ1n) is 3.15. The van der Waals surface area contributed by atoms with Gasteiger partial charge in [0.2, 0.25) is 6.29 Å². The van der Waals surface area contributed by atoms with Crippen LogP contribution in [0.25, 0.3) is 0 Å². The third-order valence-corrected chi connectivity index (χ3v) is 1.04. The van der Waals surface area contributed by atoms with E-state index < -0.39 is 0 Å². The van der Waals surface area contributed by atoms with Crippen molar-refractivity contribution in [2.75, 3.05) is 13.2 Å². The molecule has 1 aliphatic heterocycles. The topological polar surface area (TPSA) is 38.7 Å². The van der Waals surface area contributed by atoms with E-state index in [2.05, 4.69) is 0 Å². The first-order valence-corrected chi connectivity index (χ1v) is 3.15. The van der Waals surface area contributed by atoms with Gasteiger partial charge < -0.3 is 14.6 Å². The highest BCUT2D eigenvalue weighted by Gasteiger charge is 2.03. The zero-order chi connectivity index (χ0) is 7.23. The van der Waals surface area contributed by atoms with Crippen LogP contribution in [0, 0.1) is 0 Å². The quantitative estimate of drug-likeness (QED) is 0.620. The fourth-order valence-electron chi connectivity index (χ4n) is 0.632. The largest absolute Gasteiger partial charge is 0.469 e. The van der Waals surface area contributed by atoms with Gasteiger partial charge in [0.25, 0.3) is 0 Å². The van der Waals surface area contributed by atoms with Crippen LogP contribution in [0.15, 0.2) is 24.5 Å². The van der Waals surface area contributed by atoms with Gasteiger partial charge in [-0.3, -0.25) is 0 Å². The molecule has 0 saturated carbocycles. The molecule has 1 atom stereocenters. The van der Waals surface area contributed by atoms with Crippen LogP contribution in [0.5, 0.6) is 0 Å². The summed E-state index contributed by atoms with van der Waals surface area (Å²) in [5.41, 5.74) is 0. The van der Waals surface area contributed by atoms with E-state index in [1.165, 1.54) is 0 Å². The van der Waals surface area contributed by atoms with E-state index >= 15 is 0 Å². The monoisotopic (exact) mass is 142 g/mol. The number of aliphatic hydroxyl groups is 1. The Morgan fingerprint density at radius 1 is 1.50 bits per heavy atom. The summed E-state index contributed by atoms with van der Waals surface area (Å²) >= 11 is 0. The van der Waals surface area contributed by atoms with Crippen molar-refractivity contribution in [2.45, 2.75) is 6.29 Å². The van der Waals surface area contributed by atoms with E-state index in [1.807, 2.05) is 6.08 Å². The molecule has 0 bridgehead atoms. The SMILES string of the molecule is OCCOC1C=CC=CO1. The highest BCUT2D eigenvalue weighted by Crippen LogP contribution is 2.02. The number of hydrogen-bond donors (Lipinski definition) is 1. The maximum atomic E-state index is 8.37. The molecule has 3 heteroatoms. The van der Waals surface area contributed by atoms with E-state index in [1.54, 1.807) is 18.4 Å². The molecule has 0 aromatic rings. The van der Waals surface area contributed by atoms with Crippen LogP contribution < -0.4 is 0 Å². The van der Waals surface area contributed by atoms with E-state index in [4.69, 9.17) is 14.6 Å². The zero-order valence-corrected chi connectivity index (χ0v) is 5.56. The molecule has 56 valence electrons. The third kappa shape index (κ3) is 2.21. The molecule has 1 heterocycles. The maximum absolute atomic E-state index is 8.37.